The lowest BCUT2D eigenvalue weighted by Gasteiger charge is -2.06. The van der Waals surface area contributed by atoms with Gasteiger partial charge in [0.25, 0.3) is 5.91 Å². The number of halogens is 1. The maximum Gasteiger partial charge on any atom is 0.271 e. The smallest absolute Gasteiger partial charge is 0.271 e. The van der Waals surface area contributed by atoms with Gasteiger partial charge in [-0.1, -0.05) is 18.2 Å². The summed E-state index contributed by atoms with van der Waals surface area (Å²) in [6.45, 7) is 1.86. The Kier molecular flexibility index (Phi) is 5.16. The molecular weight excluding hydrogens is 348 g/mol. The summed E-state index contributed by atoms with van der Waals surface area (Å²) < 4.78 is 5.69. The molecule has 5 nitrogen and oxygen atoms in total. The van der Waals surface area contributed by atoms with E-state index in [0.29, 0.717) is 21.3 Å². The molecule has 22 heavy (non-hydrogen) atoms. The van der Waals surface area contributed by atoms with Crippen LogP contribution in [0.15, 0.2) is 46.0 Å². The predicted octanol–water partition coefficient (Wildman–Crippen LogP) is 3.24. The average Bonchev–Trinajstić information content (AvgIpc) is 2.50. The second-order valence-electron chi connectivity index (χ2n) is 4.56. The van der Waals surface area contributed by atoms with Crippen molar-refractivity contribution in [1.29, 1.82) is 0 Å². The standard InChI is InChI=1S/C16H15BrN2O3/c1-10-5-3-4-6-12(10)16(21)19-18-9-11-7-14(20)15(22-2)8-13(11)17/h3-9,20H,1-2H3,(H,19,21)/b18-9-. The molecule has 2 rings (SSSR count). The number of hydrogen-bond donors (Lipinski definition) is 2. The molecule has 2 aromatic carbocycles. The largest absolute Gasteiger partial charge is 0.504 e. The van der Waals surface area contributed by atoms with E-state index >= 15 is 0 Å². The molecule has 0 radical (unpaired) electrons. The summed E-state index contributed by atoms with van der Waals surface area (Å²) in [6, 6.07) is 10.4. The van der Waals surface area contributed by atoms with Crippen LogP contribution in [0.5, 0.6) is 11.5 Å². The van der Waals surface area contributed by atoms with E-state index in [1.54, 1.807) is 18.2 Å². The van der Waals surface area contributed by atoms with Crippen molar-refractivity contribution in [3.05, 3.63) is 57.6 Å². The van der Waals surface area contributed by atoms with Crippen LogP contribution in [0.3, 0.4) is 0 Å². The van der Waals surface area contributed by atoms with Crippen LogP contribution in [0, 0.1) is 6.92 Å². The molecule has 2 N–H and O–H groups in total. The highest BCUT2D eigenvalue weighted by molar-refractivity contribution is 9.10. The molecule has 6 heteroatoms. The molecule has 114 valence electrons. The summed E-state index contributed by atoms with van der Waals surface area (Å²) >= 11 is 3.35. The number of aryl methyl sites for hydroxylation is 1. The highest BCUT2D eigenvalue weighted by Crippen LogP contribution is 2.31. The number of phenolic OH excluding ortho intramolecular Hbond substituents is 1. The van der Waals surface area contributed by atoms with Crippen LogP contribution in [0.2, 0.25) is 0 Å². The number of hydrazone groups is 1. The first-order chi connectivity index (χ1) is 10.5. The minimum atomic E-state index is -0.289. The molecule has 1 amide bonds. The quantitative estimate of drug-likeness (QED) is 0.647. The van der Waals surface area contributed by atoms with E-state index in [0.717, 1.165) is 5.56 Å². The number of nitrogens with zero attached hydrogens (tertiary/aromatic N) is 1. The van der Waals surface area contributed by atoms with Gasteiger partial charge >= 0.3 is 0 Å². The fourth-order valence-corrected chi connectivity index (χ4v) is 2.30. The summed E-state index contributed by atoms with van der Waals surface area (Å²) in [6.07, 6.45) is 1.44. The van der Waals surface area contributed by atoms with Crippen molar-refractivity contribution in [2.24, 2.45) is 5.10 Å². The topological polar surface area (TPSA) is 70.9 Å². The van der Waals surface area contributed by atoms with Gasteiger partial charge in [-0.2, -0.15) is 5.10 Å². The second-order valence-corrected chi connectivity index (χ2v) is 5.41. The van der Waals surface area contributed by atoms with E-state index in [1.165, 1.54) is 19.4 Å². The van der Waals surface area contributed by atoms with E-state index in [9.17, 15) is 9.90 Å². The van der Waals surface area contributed by atoms with Crippen LogP contribution in [-0.4, -0.2) is 24.3 Å². The molecule has 0 unspecified atom stereocenters. The SMILES string of the molecule is COc1cc(Br)c(/C=N\NC(=O)c2ccccc2C)cc1O. The third kappa shape index (κ3) is 3.65. The highest BCUT2D eigenvalue weighted by atomic mass is 79.9. The van der Waals surface area contributed by atoms with Gasteiger partial charge in [0.05, 0.1) is 13.3 Å². The molecular formula is C16H15BrN2O3. The van der Waals surface area contributed by atoms with Gasteiger partial charge in [-0.15, -0.1) is 0 Å². The minimum Gasteiger partial charge on any atom is -0.504 e. The zero-order valence-electron chi connectivity index (χ0n) is 12.1. The maximum atomic E-state index is 12.0. The van der Waals surface area contributed by atoms with E-state index in [2.05, 4.69) is 26.5 Å². The molecule has 0 saturated carbocycles. The van der Waals surface area contributed by atoms with Crippen LogP contribution in [0.4, 0.5) is 0 Å². The average molecular weight is 363 g/mol. The van der Waals surface area contributed by atoms with Crippen molar-refractivity contribution in [2.75, 3.05) is 7.11 Å². The number of aromatic hydroxyl groups is 1. The van der Waals surface area contributed by atoms with Gasteiger partial charge in [0, 0.05) is 15.6 Å². The number of carbonyl (C=O) groups excluding carboxylic acids is 1. The first kappa shape index (κ1) is 16.0. The fraction of sp³-hybridized carbons (Fsp3) is 0.125. The summed E-state index contributed by atoms with van der Waals surface area (Å²) in [5, 5.41) is 13.7. The second kappa shape index (κ2) is 7.09. The summed E-state index contributed by atoms with van der Waals surface area (Å²) in [7, 11) is 1.47. The summed E-state index contributed by atoms with van der Waals surface area (Å²) in [4.78, 5) is 12.0. The van der Waals surface area contributed by atoms with Gasteiger partial charge < -0.3 is 9.84 Å². The van der Waals surface area contributed by atoms with Crippen molar-refractivity contribution in [1.82, 2.24) is 5.43 Å². The number of methoxy groups -OCH3 is 1. The minimum absolute atomic E-state index is 0.00243. The van der Waals surface area contributed by atoms with E-state index in [4.69, 9.17) is 4.74 Å². The number of nitrogens with one attached hydrogen (secondary N) is 1. The lowest BCUT2D eigenvalue weighted by atomic mass is 10.1. The van der Waals surface area contributed by atoms with Crippen LogP contribution >= 0.6 is 15.9 Å². The molecule has 0 bridgehead atoms. The highest BCUT2D eigenvalue weighted by Gasteiger charge is 2.08. The normalized spacial score (nSPS) is 10.7. The third-order valence-corrected chi connectivity index (χ3v) is 3.74. The van der Waals surface area contributed by atoms with Crippen LogP contribution < -0.4 is 10.2 Å². The zero-order valence-corrected chi connectivity index (χ0v) is 13.7. The first-order valence-electron chi connectivity index (χ1n) is 6.48. The van der Waals surface area contributed by atoms with Crippen molar-refractivity contribution in [2.45, 2.75) is 6.92 Å². The molecule has 2 aromatic rings. The van der Waals surface area contributed by atoms with Crippen LogP contribution in [-0.2, 0) is 0 Å². The Balaban J connectivity index is 2.12. The first-order valence-corrected chi connectivity index (χ1v) is 7.27. The molecule has 0 fully saturated rings. The molecule has 0 heterocycles. The Morgan fingerprint density at radius 2 is 2.09 bits per heavy atom. The number of phenols is 1. The predicted molar refractivity (Wildman–Crippen MR) is 88.6 cm³/mol. The summed E-state index contributed by atoms with van der Waals surface area (Å²) in [5.74, 6) is 0.0635. The van der Waals surface area contributed by atoms with E-state index in [-0.39, 0.29) is 11.7 Å². The van der Waals surface area contributed by atoms with Crippen molar-refractivity contribution in [3.63, 3.8) is 0 Å². The van der Waals surface area contributed by atoms with Crippen LogP contribution in [0.25, 0.3) is 0 Å². The molecule has 0 aliphatic carbocycles. The fourth-order valence-electron chi connectivity index (χ4n) is 1.87. The van der Waals surface area contributed by atoms with Crippen molar-refractivity contribution < 1.29 is 14.6 Å². The van der Waals surface area contributed by atoms with Crippen molar-refractivity contribution >= 4 is 28.1 Å². The Bertz CT molecular complexity index is 729. The van der Waals surface area contributed by atoms with Gasteiger partial charge in [-0.3, -0.25) is 4.79 Å². The zero-order chi connectivity index (χ0) is 16.1. The van der Waals surface area contributed by atoms with Crippen LogP contribution in [0.1, 0.15) is 21.5 Å². The Morgan fingerprint density at radius 3 is 2.77 bits per heavy atom. The number of ether oxygens (including phenoxy) is 1. The Labute approximate surface area is 136 Å². The third-order valence-electron chi connectivity index (χ3n) is 3.06. The Hall–Kier alpha value is -2.34. The van der Waals surface area contributed by atoms with Crippen molar-refractivity contribution in [3.8, 4) is 11.5 Å². The lowest BCUT2D eigenvalue weighted by Crippen LogP contribution is -2.18. The van der Waals surface area contributed by atoms with Gasteiger partial charge in [0.15, 0.2) is 11.5 Å². The van der Waals surface area contributed by atoms with E-state index in [1.807, 2.05) is 19.1 Å². The number of amides is 1. The lowest BCUT2D eigenvalue weighted by molar-refractivity contribution is 0.0954. The van der Waals surface area contributed by atoms with Gasteiger partial charge in [0.1, 0.15) is 0 Å². The number of carbonyl (C=O) groups is 1. The van der Waals surface area contributed by atoms with Gasteiger partial charge in [-0.25, -0.2) is 5.43 Å². The molecule has 0 atom stereocenters. The Morgan fingerprint density at radius 1 is 1.36 bits per heavy atom. The van der Waals surface area contributed by atoms with Gasteiger partial charge in [0.2, 0.25) is 0 Å². The number of rotatable bonds is 4. The molecule has 0 aliphatic heterocycles. The molecule has 0 aromatic heterocycles. The maximum absolute atomic E-state index is 12.0. The monoisotopic (exact) mass is 362 g/mol. The number of benzene rings is 2. The van der Waals surface area contributed by atoms with E-state index < -0.39 is 0 Å². The molecule has 0 spiro atoms. The molecule has 0 aliphatic rings. The van der Waals surface area contributed by atoms with Gasteiger partial charge in [-0.05, 0) is 46.6 Å². The summed E-state index contributed by atoms with van der Waals surface area (Å²) in [5.41, 5.74) is 4.51. The number of hydrogen-bond acceptors (Lipinski definition) is 4. The molecule has 0 saturated heterocycles.